The van der Waals surface area contributed by atoms with Crippen LogP contribution in [0.3, 0.4) is 0 Å². The second-order valence-corrected chi connectivity index (χ2v) is 5.82. The van der Waals surface area contributed by atoms with Crippen molar-refractivity contribution in [2.75, 3.05) is 0 Å². The summed E-state index contributed by atoms with van der Waals surface area (Å²) < 4.78 is 29.0. The van der Waals surface area contributed by atoms with E-state index in [9.17, 15) is 13.5 Å². The topological polar surface area (TPSA) is 63.6 Å². The SMILES string of the molecule is Cc1ccc(S(=O)(=O)Oc2cccc(C)c2O)cc1. The number of rotatable bonds is 3. The third-order valence-electron chi connectivity index (χ3n) is 2.71. The number of aromatic hydroxyl groups is 1. The molecule has 5 heteroatoms. The molecule has 0 aliphatic heterocycles. The first-order chi connectivity index (χ1) is 8.90. The Kier molecular flexibility index (Phi) is 3.48. The number of para-hydroxylation sites is 1. The molecule has 4 nitrogen and oxygen atoms in total. The van der Waals surface area contributed by atoms with Crippen LogP contribution in [0.5, 0.6) is 11.5 Å². The van der Waals surface area contributed by atoms with Gasteiger partial charge >= 0.3 is 10.1 Å². The molecule has 0 radical (unpaired) electrons. The fourth-order valence-corrected chi connectivity index (χ4v) is 2.51. The summed E-state index contributed by atoms with van der Waals surface area (Å²) in [5.74, 6) is -0.237. The quantitative estimate of drug-likeness (QED) is 0.877. The van der Waals surface area contributed by atoms with E-state index in [1.54, 1.807) is 31.2 Å². The zero-order chi connectivity index (χ0) is 14.0. The first-order valence-electron chi connectivity index (χ1n) is 5.70. The monoisotopic (exact) mass is 278 g/mol. The number of benzene rings is 2. The van der Waals surface area contributed by atoms with E-state index in [-0.39, 0.29) is 16.4 Å². The van der Waals surface area contributed by atoms with E-state index >= 15 is 0 Å². The maximum absolute atomic E-state index is 12.0. The number of aryl methyl sites for hydroxylation is 2. The molecule has 0 aromatic heterocycles. The van der Waals surface area contributed by atoms with Crippen molar-refractivity contribution in [2.24, 2.45) is 0 Å². The number of hydrogen-bond acceptors (Lipinski definition) is 4. The van der Waals surface area contributed by atoms with E-state index in [0.29, 0.717) is 5.56 Å². The summed E-state index contributed by atoms with van der Waals surface area (Å²) in [6.07, 6.45) is 0. The summed E-state index contributed by atoms with van der Waals surface area (Å²) in [6, 6.07) is 11.0. The lowest BCUT2D eigenvalue weighted by Gasteiger charge is -2.09. The van der Waals surface area contributed by atoms with Crippen LogP contribution in [0.4, 0.5) is 0 Å². The van der Waals surface area contributed by atoms with Crippen LogP contribution in [-0.4, -0.2) is 13.5 Å². The number of phenolic OH excluding ortho intramolecular Hbond substituents is 1. The smallest absolute Gasteiger partial charge is 0.339 e. The lowest BCUT2D eigenvalue weighted by Crippen LogP contribution is -2.09. The van der Waals surface area contributed by atoms with E-state index in [1.165, 1.54) is 18.2 Å². The molecule has 19 heavy (non-hydrogen) atoms. The van der Waals surface area contributed by atoms with Gasteiger partial charge in [0, 0.05) is 0 Å². The molecule has 2 aromatic rings. The van der Waals surface area contributed by atoms with Crippen molar-refractivity contribution < 1.29 is 17.7 Å². The first-order valence-corrected chi connectivity index (χ1v) is 7.11. The van der Waals surface area contributed by atoms with Gasteiger partial charge in [-0.05, 0) is 37.6 Å². The summed E-state index contributed by atoms with van der Waals surface area (Å²) in [7, 11) is -3.93. The molecule has 0 atom stereocenters. The largest absolute Gasteiger partial charge is 0.504 e. The Hall–Kier alpha value is -2.01. The molecule has 0 aliphatic carbocycles. The van der Waals surface area contributed by atoms with Gasteiger partial charge in [0.15, 0.2) is 11.5 Å². The number of hydrogen-bond donors (Lipinski definition) is 1. The van der Waals surface area contributed by atoms with Gasteiger partial charge in [0.2, 0.25) is 0 Å². The molecule has 0 amide bonds. The van der Waals surface area contributed by atoms with Crippen LogP contribution in [0.2, 0.25) is 0 Å². The van der Waals surface area contributed by atoms with Gasteiger partial charge in [-0.2, -0.15) is 8.42 Å². The molecule has 2 rings (SSSR count). The minimum absolute atomic E-state index is 0.0546. The molecule has 0 saturated carbocycles. The maximum atomic E-state index is 12.0. The van der Waals surface area contributed by atoms with Gasteiger partial charge in [0.1, 0.15) is 4.90 Å². The van der Waals surface area contributed by atoms with E-state index in [1.807, 2.05) is 6.92 Å². The molecule has 0 fully saturated rings. The van der Waals surface area contributed by atoms with Gasteiger partial charge in [-0.1, -0.05) is 29.8 Å². The van der Waals surface area contributed by atoms with E-state index < -0.39 is 10.1 Å². The summed E-state index contributed by atoms with van der Waals surface area (Å²) in [6.45, 7) is 3.53. The Morgan fingerprint density at radius 2 is 1.63 bits per heavy atom. The Bertz CT molecular complexity index is 688. The molecular formula is C14H14O4S. The third-order valence-corrected chi connectivity index (χ3v) is 3.96. The Morgan fingerprint density at radius 1 is 1.00 bits per heavy atom. The summed E-state index contributed by atoms with van der Waals surface area (Å²) in [5, 5.41) is 9.76. The highest BCUT2D eigenvalue weighted by Crippen LogP contribution is 2.31. The molecule has 0 heterocycles. The molecule has 1 N–H and O–H groups in total. The second kappa shape index (κ2) is 4.93. The number of phenols is 1. The Morgan fingerprint density at radius 3 is 2.26 bits per heavy atom. The van der Waals surface area contributed by atoms with Crippen molar-refractivity contribution in [1.29, 1.82) is 0 Å². The standard InChI is InChI=1S/C14H14O4S/c1-10-6-8-12(9-7-10)19(16,17)18-13-5-3-4-11(2)14(13)15/h3-9,15H,1-2H3. The third kappa shape index (κ3) is 2.88. The van der Waals surface area contributed by atoms with Gasteiger partial charge < -0.3 is 9.29 Å². The van der Waals surface area contributed by atoms with Crippen LogP contribution in [0.1, 0.15) is 11.1 Å². The predicted molar refractivity (Wildman–Crippen MR) is 71.8 cm³/mol. The molecule has 0 saturated heterocycles. The van der Waals surface area contributed by atoms with Crippen molar-refractivity contribution in [1.82, 2.24) is 0 Å². The van der Waals surface area contributed by atoms with Crippen LogP contribution in [0.25, 0.3) is 0 Å². The van der Waals surface area contributed by atoms with Crippen molar-refractivity contribution in [3.8, 4) is 11.5 Å². The van der Waals surface area contributed by atoms with Gasteiger partial charge in [0.25, 0.3) is 0 Å². The average Bonchev–Trinajstić information content (AvgIpc) is 2.35. The zero-order valence-corrected chi connectivity index (χ0v) is 11.4. The highest BCUT2D eigenvalue weighted by Gasteiger charge is 2.18. The van der Waals surface area contributed by atoms with Crippen LogP contribution in [-0.2, 0) is 10.1 Å². The fraction of sp³-hybridized carbons (Fsp3) is 0.143. The fourth-order valence-electron chi connectivity index (χ4n) is 1.57. The maximum Gasteiger partial charge on any atom is 0.339 e. The molecule has 2 aromatic carbocycles. The lowest BCUT2D eigenvalue weighted by molar-refractivity contribution is 0.425. The van der Waals surface area contributed by atoms with Crippen molar-refractivity contribution >= 4 is 10.1 Å². The highest BCUT2D eigenvalue weighted by atomic mass is 32.2. The molecule has 0 aliphatic rings. The van der Waals surface area contributed by atoms with Gasteiger partial charge in [0.05, 0.1) is 0 Å². The zero-order valence-electron chi connectivity index (χ0n) is 10.6. The first kappa shape index (κ1) is 13.4. The molecule has 0 unspecified atom stereocenters. The van der Waals surface area contributed by atoms with E-state index in [0.717, 1.165) is 5.56 Å². The summed E-state index contributed by atoms with van der Waals surface area (Å²) in [4.78, 5) is 0.0546. The van der Waals surface area contributed by atoms with Crippen LogP contribution >= 0.6 is 0 Å². The highest BCUT2D eigenvalue weighted by molar-refractivity contribution is 7.87. The Balaban J connectivity index is 2.36. The van der Waals surface area contributed by atoms with E-state index in [4.69, 9.17) is 4.18 Å². The minimum atomic E-state index is -3.93. The molecule has 0 spiro atoms. The van der Waals surface area contributed by atoms with Gasteiger partial charge in [-0.25, -0.2) is 0 Å². The lowest BCUT2D eigenvalue weighted by atomic mass is 10.2. The molecular weight excluding hydrogens is 264 g/mol. The van der Waals surface area contributed by atoms with Crippen LogP contribution < -0.4 is 4.18 Å². The average molecular weight is 278 g/mol. The predicted octanol–water partition coefficient (Wildman–Crippen LogP) is 2.78. The summed E-state index contributed by atoms with van der Waals surface area (Å²) >= 11 is 0. The van der Waals surface area contributed by atoms with Crippen LogP contribution in [0.15, 0.2) is 47.4 Å². The second-order valence-electron chi connectivity index (χ2n) is 4.27. The van der Waals surface area contributed by atoms with Crippen molar-refractivity contribution in [3.05, 3.63) is 53.6 Å². The molecule has 100 valence electrons. The van der Waals surface area contributed by atoms with Crippen LogP contribution in [0, 0.1) is 13.8 Å². The normalized spacial score (nSPS) is 11.3. The van der Waals surface area contributed by atoms with E-state index in [2.05, 4.69) is 0 Å². The van der Waals surface area contributed by atoms with Crippen molar-refractivity contribution in [3.63, 3.8) is 0 Å². The van der Waals surface area contributed by atoms with Crippen molar-refractivity contribution in [2.45, 2.75) is 18.7 Å². The van der Waals surface area contributed by atoms with Gasteiger partial charge in [-0.15, -0.1) is 0 Å². The summed E-state index contributed by atoms with van der Waals surface area (Å²) in [5.41, 5.74) is 1.51. The minimum Gasteiger partial charge on any atom is -0.504 e. The Labute approximate surface area is 112 Å². The molecule has 0 bridgehead atoms. The van der Waals surface area contributed by atoms with Gasteiger partial charge in [-0.3, -0.25) is 0 Å².